The Bertz CT molecular complexity index is 627. The van der Waals surface area contributed by atoms with Crippen LogP contribution in [0.4, 0.5) is 5.69 Å². The van der Waals surface area contributed by atoms with Gasteiger partial charge in [-0.1, -0.05) is 13.8 Å². The molecule has 0 bridgehead atoms. The fourth-order valence-corrected chi connectivity index (χ4v) is 1.56. The van der Waals surface area contributed by atoms with Crippen LogP contribution < -0.4 is 16.8 Å². The van der Waals surface area contributed by atoms with E-state index in [2.05, 4.69) is 10.3 Å². The first-order valence-corrected chi connectivity index (χ1v) is 5.66. The van der Waals surface area contributed by atoms with E-state index < -0.39 is 11.8 Å². The molecule has 4 N–H and O–H groups in total. The highest BCUT2D eigenvalue weighted by Crippen LogP contribution is 2.16. The van der Waals surface area contributed by atoms with Crippen LogP contribution in [0.5, 0.6) is 0 Å². The Kier molecular flexibility index (Phi) is 3.20. The number of amides is 1. The number of hydrogen-bond donors (Lipinski definition) is 3. The zero-order valence-corrected chi connectivity index (χ0v) is 10.2. The van der Waals surface area contributed by atoms with E-state index in [-0.39, 0.29) is 11.8 Å². The van der Waals surface area contributed by atoms with Gasteiger partial charge >= 0.3 is 5.76 Å². The van der Waals surface area contributed by atoms with Crippen LogP contribution >= 0.6 is 0 Å². The maximum absolute atomic E-state index is 11.8. The van der Waals surface area contributed by atoms with E-state index in [0.717, 1.165) is 0 Å². The van der Waals surface area contributed by atoms with Crippen LogP contribution in [0.1, 0.15) is 13.8 Å². The number of hydrogen-bond acceptors (Lipinski definition) is 4. The van der Waals surface area contributed by atoms with Gasteiger partial charge in [0.1, 0.15) is 0 Å². The number of carbonyl (C=O) groups is 1. The molecule has 2 rings (SSSR count). The molecule has 1 aromatic heterocycles. The van der Waals surface area contributed by atoms with Gasteiger partial charge in [0.2, 0.25) is 5.91 Å². The van der Waals surface area contributed by atoms with Gasteiger partial charge in [0.25, 0.3) is 0 Å². The highest BCUT2D eigenvalue weighted by molar-refractivity contribution is 5.96. The molecular formula is C12H15N3O3. The average molecular weight is 249 g/mol. The SMILES string of the molecule is CC(C)[C@H](N)C(=O)Nc1ccc2oc(=O)[nH]c2c1. The summed E-state index contributed by atoms with van der Waals surface area (Å²) in [5.41, 5.74) is 7.29. The van der Waals surface area contributed by atoms with Gasteiger partial charge in [-0.15, -0.1) is 0 Å². The van der Waals surface area contributed by atoms with Crippen LogP contribution in [0, 0.1) is 5.92 Å². The van der Waals surface area contributed by atoms with E-state index in [1.807, 2.05) is 13.8 Å². The van der Waals surface area contributed by atoms with E-state index in [1.165, 1.54) is 0 Å². The van der Waals surface area contributed by atoms with Crippen LogP contribution in [0.2, 0.25) is 0 Å². The van der Waals surface area contributed by atoms with Crippen molar-refractivity contribution >= 4 is 22.7 Å². The summed E-state index contributed by atoms with van der Waals surface area (Å²) in [5.74, 6) is -0.718. The molecule has 0 aliphatic carbocycles. The van der Waals surface area contributed by atoms with Crippen molar-refractivity contribution < 1.29 is 9.21 Å². The van der Waals surface area contributed by atoms with Gasteiger partial charge in [-0.3, -0.25) is 9.78 Å². The second-order valence-corrected chi connectivity index (χ2v) is 4.48. The molecule has 6 heteroatoms. The monoisotopic (exact) mass is 249 g/mol. The minimum Gasteiger partial charge on any atom is -0.408 e. The predicted octanol–water partition coefficient (Wildman–Crippen LogP) is 1.04. The van der Waals surface area contributed by atoms with Crippen molar-refractivity contribution in [2.45, 2.75) is 19.9 Å². The summed E-state index contributed by atoms with van der Waals surface area (Å²) >= 11 is 0. The molecule has 1 aromatic carbocycles. The van der Waals surface area contributed by atoms with E-state index in [9.17, 15) is 9.59 Å². The highest BCUT2D eigenvalue weighted by atomic mass is 16.4. The lowest BCUT2D eigenvalue weighted by Crippen LogP contribution is -2.39. The van der Waals surface area contributed by atoms with Gasteiger partial charge in [0, 0.05) is 5.69 Å². The number of benzene rings is 1. The fourth-order valence-electron chi connectivity index (χ4n) is 1.56. The number of rotatable bonds is 3. The molecule has 0 radical (unpaired) electrons. The van der Waals surface area contributed by atoms with Crippen molar-refractivity contribution in [3.05, 3.63) is 28.7 Å². The maximum Gasteiger partial charge on any atom is 0.417 e. The second-order valence-electron chi connectivity index (χ2n) is 4.48. The molecule has 96 valence electrons. The number of H-pyrrole nitrogens is 1. The van der Waals surface area contributed by atoms with Crippen molar-refractivity contribution in [3.63, 3.8) is 0 Å². The van der Waals surface area contributed by atoms with Gasteiger partial charge in [-0.25, -0.2) is 4.79 Å². The molecule has 0 saturated carbocycles. The van der Waals surface area contributed by atoms with Crippen molar-refractivity contribution in [1.82, 2.24) is 4.98 Å². The molecule has 0 aliphatic rings. The molecule has 0 unspecified atom stereocenters. The van der Waals surface area contributed by atoms with Crippen molar-refractivity contribution in [3.8, 4) is 0 Å². The third-order valence-electron chi connectivity index (χ3n) is 2.71. The fraction of sp³-hybridized carbons (Fsp3) is 0.333. The summed E-state index contributed by atoms with van der Waals surface area (Å²) in [6.45, 7) is 3.75. The normalized spacial score (nSPS) is 12.9. The third kappa shape index (κ3) is 2.43. The molecule has 0 saturated heterocycles. The van der Waals surface area contributed by atoms with E-state index in [4.69, 9.17) is 10.2 Å². The lowest BCUT2D eigenvalue weighted by Gasteiger charge is -2.15. The molecular weight excluding hydrogens is 234 g/mol. The van der Waals surface area contributed by atoms with Crippen LogP contribution in [0.15, 0.2) is 27.4 Å². The Balaban J connectivity index is 2.21. The Morgan fingerprint density at radius 2 is 2.17 bits per heavy atom. The third-order valence-corrected chi connectivity index (χ3v) is 2.71. The summed E-state index contributed by atoms with van der Waals surface area (Å²) in [6, 6.07) is 4.34. The van der Waals surface area contributed by atoms with Crippen LogP contribution in [0.3, 0.4) is 0 Å². The van der Waals surface area contributed by atoms with E-state index in [0.29, 0.717) is 16.8 Å². The van der Waals surface area contributed by atoms with Crippen LogP contribution in [0.25, 0.3) is 11.1 Å². The number of nitrogens with one attached hydrogen (secondary N) is 2. The number of fused-ring (bicyclic) bond motifs is 1. The minimum atomic E-state index is -0.566. The molecule has 6 nitrogen and oxygen atoms in total. The molecule has 1 amide bonds. The molecule has 18 heavy (non-hydrogen) atoms. The number of carbonyl (C=O) groups excluding carboxylic acids is 1. The summed E-state index contributed by atoms with van der Waals surface area (Å²) < 4.78 is 4.87. The summed E-state index contributed by atoms with van der Waals surface area (Å²) in [7, 11) is 0. The highest BCUT2D eigenvalue weighted by Gasteiger charge is 2.17. The standard InChI is InChI=1S/C12H15N3O3/c1-6(2)10(13)11(16)14-7-3-4-9-8(5-7)15-12(17)18-9/h3-6,10H,13H2,1-2H3,(H,14,16)(H,15,17)/t10-/m0/s1. The quantitative estimate of drug-likeness (QED) is 0.756. The zero-order valence-electron chi connectivity index (χ0n) is 10.2. The summed E-state index contributed by atoms with van der Waals surface area (Å²) in [5, 5.41) is 2.70. The number of nitrogens with two attached hydrogens (primary N) is 1. The molecule has 1 atom stereocenters. The Morgan fingerprint density at radius 3 is 2.83 bits per heavy atom. The zero-order chi connectivity index (χ0) is 13.3. The van der Waals surface area contributed by atoms with Crippen LogP contribution in [-0.2, 0) is 4.79 Å². The van der Waals surface area contributed by atoms with Crippen molar-refractivity contribution in [2.75, 3.05) is 5.32 Å². The number of anilines is 1. The first-order chi connectivity index (χ1) is 8.47. The lowest BCUT2D eigenvalue weighted by atomic mass is 10.0. The van der Waals surface area contributed by atoms with Gasteiger partial charge in [0.15, 0.2) is 5.58 Å². The first kappa shape index (κ1) is 12.4. The minimum absolute atomic E-state index is 0.0578. The lowest BCUT2D eigenvalue weighted by molar-refractivity contribution is -0.118. The Labute approximate surface area is 103 Å². The van der Waals surface area contributed by atoms with E-state index >= 15 is 0 Å². The number of aromatic nitrogens is 1. The number of aromatic amines is 1. The van der Waals surface area contributed by atoms with Gasteiger partial charge in [0.05, 0.1) is 11.6 Å². The molecule has 0 spiro atoms. The number of oxazole rings is 1. The van der Waals surface area contributed by atoms with Crippen LogP contribution in [-0.4, -0.2) is 16.9 Å². The smallest absolute Gasteiger partial charge is 0.408 e. The second kappa shape index (κ2) is 4.66. The van der Waals surface area contributed by atoms with E-state index in [1.54, 1.807) is 18.2 Å². The van der Waals surface area contributed by atoms with Crippen molar-refractivity contribution in [2.24, 2.45) is 11.7 Å². The average Bonchev–Trinajstić information content (AvgIpc) is 2.67. The molecule has 0 fully saturated rings. The Morgan fingerprint density at radius 1 is 1.44 bits per heavy atom. The van der Waals surface area contributed by atoms with Gasteiger partial charge in [-0.2, -0.15) is 0 Å². The first-order valence-electron chi connectivity index (χ1n) is 5.66. The van der Waals surface area contributed by atoms with Gasteiger partial charge in [-0.05, 0) is 24.1 Å². The molecule has 2 aromatic rings. The molecule has 0 aliphatic heterocycles. The topological polar surface area (TPSA) is 101 Å². The van der Waals surface area contributed by atoms with Crippen molar-refractivity contribution in [1.29, 1.82) is 0 Å². The summed E-state index contributed by atoms with van der Waals surface area (Å²) in [6.07, 6.45) is 0. The molecule has 1 heterocycles. The largest absolute Gasteiger partial charge is 0.417 e. The predicted molar refractivity (Wildman–Crippen MR) is 68.3 cm³/mol. The van der Waals surface area contributed by atoms with Gasteiger partial charge < -0.3 is 15.5 Å². The summed E-state index contributed by atoms with van der Waals surface area (Å²) in [4.78, 5) is 25.3. The Hall–Kier alpha value is -2.08. The maximum atomic E-state index is 11.8.